The van der Waals surface area contributed by atoms with Gasteiger partial charge < -0.3 is 5.32 Å². The van der Waals surface area contributed by atoms with E-state index in [4.69, 9.17) is 0 Å². The number of anilines is 2. The molecule has 1 aliphatic rings. The molecule has 2 nitrogen and oxygen atoms in total. The SMILES string of the molecule is CC(C)C1Nc2cc(I)ccc2N1I. The second-order valence-electron chi connectivity index (χ2n) is 3.81. The maximum Gasteiger partial charge on any atom is 0.111 e. The molecule has 2 rings (SSSR count). The Labute approximate surface area is 112 Å². The Morgan fingerprint density at radius 3 is 2.79 bits per heavy atom. The molecule has 1 aromatic carbocycles. The molecule has 0 amide bonds. The summed E-state index contributed by atoms with van der Waals surface area (Å²) in [5.41, 5.74) is 2.55. The molecular formula is C10H12I2N2. The Morgan fingerprint density at radius 1 is 1.43 bits per heavy atom. The molecule has 0 spiro atoms. The topological polar surface area (TPSA) is 15.3 Å². The van der Waals surface area contributed by atoms with Crippen molar-refractivity contribution in [2.45, 2.75) is 20.0 Å². The van der Waals surface area contributed by atoms with E-state index in [-0.39, 0.29) is 0 Å². The Balaban J connectivity index is 2.35. The van der Waals surface area contributed by atoms with Crippen molar-refractivity contribution in [1.82, 2.24) is 0 Å². The largest absolute Gasteiger partial charge is 0.363 e. The highest BCUT2D eigenvalue weighted by molar-refractivity contribution is 14.1. The van der Waals surface area contributed by atoms with Gasteiger partial charge >= 0.3 is 0 Å². The summed E-state index contributed by atoms with van der Waals surface area (Å²) >= 11 is 4.72. The van der Waals surface area contributed by atoms with E-state index >= 15 is 0 Å². The first-order valence-electron chi connectivity index (χ1n) is 4.60. The summed E-state index contributed by atoms with van der Waals surface area (Å²) in [5.74, 6) is 0.608. The van der Waals surface area contributed by atoms with Crippen molar-refractivity contribution in [2.24, 2.45) is 5.92 Å². The number of fused-ring (bicyclic) bond motifs is 1. The van der Waals surface area contributed by atoms with E-state index in [0.717, 1.165) is 0 Å². The van der Waals surface area contributed by atoms with E-state index < -0.39 is 0 Å². The minimum Gasteiger partial charge on any atom is -0.363 e. The fraction of sp³-hybridized carbons (Fsp3) is 0.400. The van der Waals surface area contributed by atoms with Crippen LogP contribution in [0.25, 0.3) is 0 Å². The van der Waals surface area contributed by atoms with Crippen molar-refractivity contribution in [3.05, 3.63) is 21.8 Å². The van der Waals surface area contributed by atoms with Crippen LogP contribution in [0.5, 0.6) is 0 Å². The minimum atomic E-state index is 0.420. The molecule has 0 radical (unpaired) electrons. The maximum atomic E-state index is 3.54. The molecule has 76 valence electrons. The zero-order valence-corrected chi connectivity index (χ0v) is 12.4. The van der Waals surface area contributed by atoms with Gasteiger partial charge in [0.25, 0.3) is 0 Å². The normalized spacial score (nSPS) is 19.8. The molecule has 1 unspecified atom stereocenters. The van der Waals surface area contributed by atoms with Crippen LogP contribution in [0.2, 0.25) is 0 Å². The lowest BCUT2D eigenvalue weighted by Gasteiger charge is -2.23. The second kappa shape index (κ2) is 4.03. The smallest absolute Gasteiger partial charge is 0.111 e. The number of halogens is 2. The number of rotatable bonds is 1. The maximum absolute atomic E-state index is 3.54. The first-order chi connectivity index (χ1) is 6.59. The Morgan fingerprint density at radius 2 is 2.14 bits per heavy atom. The van der Waals surface area contributed by atoms with E-state index in [9.17, 15) is 0 Å². The highest BCUT2D eigenvalue weighted by Gasteiger charge is 2.29. The zero-order chi connectivity index (χ0) is 10.3. The van der Waals surface area contributed by atoms with Gasteiger partial charge in [-0.2, -0.15) is 0 Å². The number of hydrogen-bond donors (Lipinski definition) is 1. The van der Waals surface area contributed by atoms with Crippen molar-refractivity contribution < 1.29 is 0 Å². The third-order valence-corrected chi connectivity index (χ3v) is 4.16. The van der Waals surface area contributed by atoms with Crippen molar-refractivity contribution in [1.29, 1.82) is 0 Å². The van der Waals surface area contributed by atoms with Crippen LogP contribution in [0.1, 0.15) is 13.8 Å². The van der Waals surface area contributed by atoms with Gasteiger partial charge in [0, 0.05) is 3.57 Å². The van der Waals surface area contributed by atoms with Crippen LogP contribution >= 0.6 is 45.5 Å². The highest BCUT2D eigenvalue weighted by Crippen LogP contribution is 2.39. The fourth-order valence-electron chi connectivity index (χ4n) is 1.60. The van der Waals surface area contributed by atoms with Crippen molar-refractivity contribution in [3.8, 4) is 0 Å². The lowest BCUT2D eigenvalue weighted by Crippen LogP contribution is -2.32. The quantitative estimate of drug-likeness (QED) is 0.555. The molecule has 0 saturated heterocycles. The average molecular weight is 414 g/mol. The van der Waals surface area contributed by atoms with Crippen LogP contribution in [-0.2, 0) is 0 Å². The molecule has 14 heavy (non-hydrogen) atoms. The third kappa shape index (κ3) is 1.82. The van der Waals surface area contributed by atoms with Crippen LogP contribution < -0.4 is 8.43 Å². The standard InChI is InChI=1S/C10H12I2N2/c1-6(2)10-13-8-5-7(11)3-4-9(8)14(10)12/h3-6,10,13H,1-2H3. The number of nitrogens with one attached hydrogen (secondary N) is 1. The monoisotopic (exact) mass is 414 g/mol. The van der Waals surface area contributed by atoms with Gasteiger partial charge in [-0.1, -0.05) is 13.8 Å². The number of benzene rings is 1. The summed E-state index contributed by atoms with van der Waals surface area (Å²) in [7, 11) is 0. The number of nitrogens with zero attached hydrogens (tertiary/aromatic N) is 1. The molecule has 0 saturated carbocycles. The van der Waals surface area contributed by atoms with Gasteiger partial charge in [-0.25, -0.2) is 0 Å². The third-order valence-electron chi connectivity index (χ3n) is 2.37. The molecule has 1 N–H and O–H groups in total. The van der Waals surface area contributed by atoms with Crippen LogP contribution in [0.3, 0.4) is 0 Å². The van der Waals surface area contributed by atoms with E-state index in [1.165, 1.54) is 14.9 Å². The minimum absolute atomic E-state index is 0.420. The summed E-state index contributed by atoms with van der Waals surface area (Å²) in [5, 5.41) is 3.54. The molecule has 1 heterocycles. The summed E-state index contributed by atoms with van der Waals surface area (Å²) in [6.45, 7) is 4.47. The highest BCUT2D eigenvalue weighted by atomic mass is 127. The predicted molar refractivity (Wildman–Crippen MR) is 77.9 cm³/mol. The molecule has 1 aromatic rings. The van der Waals surface area contributed by atoms with Gasteiger partial charge in [-0.05, 0) is 46.7 Å². The van der Waals surface area contributed by atoms with Crippen LogP contribution in [-0.4, -0.2) is 6.17 Å². The summed E-state index contributed by atoms with van der Waals surface area (Å²) < 4.78 is 3.57. The van der Waals surface area contributed by atoms with E-state index in [0.29, 0.717) is 12.1 Å². The Kier molecular flexibility index (Phi) is 3.11. The Hall–Kier alpha value is 0.280. The molecule has 0 fully saturated rings. The molecule has 1 atom stereocenters. The first-order valence-corrected chi connectivity index (χ1v) is 6.65. The zero-order valence-electron chi connectivity index (χ0n) is 8.09. The van der Waals surface area contributed by atoms with Gasteiger partial charge in [-0.3, -0.25) is 3.11 Å². The Bertz CT molecular complexity index is 352. The molecule has 0 aliphatic carbocycles. The molecular weight excluding hydrogens is 402 g/mol. The summed E-state index contributed by atoms with van der Waals surface area (Å²) in [4.78, 5) is 0. The first kappa shape index (κ1) is 10.8. The van der Waals surface area contributed by atoms with Gasteiger partial charge in [0.1, 0.15) is 6.17 Å². The van der Waals surface area contributed by atoms with Gasteiger partial charge in [0.05, 0.1) is 34.2 Å². The lowest BCUT2D eigenvalue weighted by molar-refractivity contribution is 0.565. The van der Waals surface area contributed by atoms with Gasteiger partial charge in [-0.15, -0.1) is 0 Å². The van der Waals surface area contributed by atoms with Gasteiger partial charge in [0.15, 0.2) is 0 Å². The summed E-state index contributed by atoms with van der Waals surface area (Å²) in [6.07, 6.45) is 0.420. The van der Waals surface area contributed by atoms with Crippen molar-refractivity contribution in [3.63, 3.8) is 0 Å². The van der Waals surface area contributed by atoms with Crippen LogP contribution in [0.15, 0.2) is 18.2 Å². The average Bonchev–Trinajstić information content (AvgIpc) is 2.43. The molecule has 0 bridgehead atoms. The molecule has 1 aliphatic heterocycles. The fourth-order valence-corrected chi connectivity index (χ4v) is 3.30. The predicted octanol–water partition coefficient (Wildman–Crippen LogP) is 3.86. The van der Waals surface area contributed by atoms with Crippen molar-refractivity contribution in [2.75, 3.05) is 8.43 Å². The van der Waals surface area contributed by atoms with Crippen molar-refractivity contribution >= 4 is 56.8 Å². The van der Waals surface area contributed by atoms with E-state index in [2.05, 4.69) is 85.9 Å². The van der Waals surface area contributed by atoms with Crippen LogP contribution in [0.4, 0.5) is 11.4 Å². The molecule has 0 aromatic heterocycles. The summed E-state index contributed by atoms with van der Waals surface area (Å²) in [6, 6.07) is 6.53. The molecule has 4 heteroatoms. The number of hydrogen-bond acceptors (Lipinski definition) is 2. The lowest BCUT2D eigenvalue weighted by atomic mass is 10.2. The van der Waals surface area contributed by atoms with E-state index in [1.807, 2.05) is 0 Å². The van der Waals surface area contributed by atoms with E-state index in [1.54, 1.807) is 0 Å². The van der Waals surface area contributed by atoms with Crippen LogP contribution in [0, 0.1) is 9.49 Å². The van der Waals surface area contributed by atoms with Gasteiger partial charge in [0.2, 0.25) is 0 Å². The second-order valence-corrected chi connectivity index (χ2v) is 6.09.